The molecule has 0 unspecified atom stereocenters. The number of ether oxygens (including phenoxy) is 2. The van der Waals surface area contributed by atoms with E-state index in [1.165, 1.54) is 25.1 Å². The number of nitrogens with zero attached hydrogens (tertiary/aromatic N) is 5. The van der Waals surface area contributed by atoms with Gasteiger partial charge in [0, 0.05) is 18.0 Å². The van der Waals surface area contributed by atoms with E-state index in [9.17, 15) is 9.18 Å². The van der Waals surface area contributed by atoms with Crippen molar-refractivity contribution in [2.75, 3.05) is 19.1 Å². The number of anilines is 1. The molecule has 0 spiro atoms. The van der Waals surface area contributed by atoms with Crippen molar-refractivity contribution in [3.63, 3.8) is 0 Å². The predicted molar refractivity (Wildman–Crippen MR) is 104 cm³/mol. The van der Waals surface area contributed by atoms with Crippen molar-refractivity contribution in [2.45, 2.75) is 13.1 Å². The van der Waals surface area contributed by atoms with E-state index in [2.05, 4.69) is 21.6 Å². The standard InChI is InChI=1S/C20H18FN5O3/c1-12(21)9-25-10-14(8-23-25)26-11-17-15(20(26)27)4-5-16(24-17)13-6-18(28-2)19(29-3)22-7-13/h4-8,10H,1,9,11H2,2-3H3. The number of rotatable bonds is 6. The molecule has 1 aliphatic rings. The highest BCUT2D eigenvalue weighted by Crippen LogP contribution is 2.32. The molecule has 0 N–H and O–H groups in total. The lowest BCUT2D eigenvalue weighted by molar-refractivity contribution is 0.0996. The van der Waals surface area contributed by atoms with Crippen LogP contribution in [0.3, 0.4) is 0 Å². The van der Waals surface area contributed by atoms with Gasteiger partial charge in [-0.3, -0.25) is 19.4 Å². The molecule has 8 nitrogen and oxygen atoms in total. The summed E-state index contributed by atoms with van der Waals surface area (Å²) in [6.45, 7) is 3.47. The van der Waals surface area contributed by atoms with Gasteiger partial charge in [0.05, 0.1) is 56.1 Å². The third-order valence-electron chi connectivity index (χ3n) is 4.55. The number of carbonyl (C=O) groups excluding carboxylic acids is 1. The number of allylic oxidation sites excluding steroid dienone is 1. The van der Waals surface area contributed by atoms with Crippen LogP contribution < -0.4 is 14.4 Å². The number of fused-ring (bicyclic) bond motifs is 1. The van der Waals surface area contributed by atoms with Crippen LogP contribution >= 0.6 is 0 Å². The number of amides is 1. The average molecular weight is 395 g/mol. The smallest absolute Gasteiger partial charge is 0.260 e. The van der Waals surface area contributed by atoms with Gasteiger partial charge >= 0.3 is 0 Å². The maximum atomic E-state index is 13.0. The van der Waals surface area contributed by atoms with Gasteiger partial charge < -0.3 is 9.47 Å². The Kier molecular flexibility index (Phi) is 4.71. The maximum Gasteiger partial charge on any atom is 0.260 e. The Morgan fingerprint density at radius 1 is 1.28 bits per heavy atom. The number of pyridine rings is 2. The Hall–Kier alpha value is -3.75. The number of methoxy groups -OCH3 is 2. The number of aromatic nitrogens is 4. The third-order valence-corrected chi connectivity index (χ3v) is 4.55. The fourth-order valence-electron chi connectivity index (χ4n) is 3.18. The minimum Gasteiger partial charge on any atom is -0.491 e. The quantitative estimate of drug-likeness (QED) is 0.638. The van der Waals surface area contributed by atoms with Gasteiger partial charge in [0.15, 0.2) is 5.75 Å². The summed E-state index contributed by atoms with van der Waals surface area (Å²) >= 11 is 0. The molecule has 148 valence electrons. The molecule has 4 heterocycles. The molecular weight excluding hydrogens is 377 g/mol. The number of hydrogen-bond acceptors (Lipinski definition) is 6. The second-order valence-corrected chi connectivity index (χ2v) is 6.43. The van der Waals surface area contributed by atoms with Crippen LogP contribution in [0.2, 0.25) is 0 Å². The summed E-state index contributed by atoms with van der Waals surface area (Å²) in [5, 5.41) is 4.07. The molecule has 1 aliphatic heterocycles. The average Bonchev–Trinajstić information content (AvgIpc) is 3.30. The normalized spacial score (nSPS) is 12.8. The van der Waals surface area contributed by atoms with E-state index in [1.54, 1.807) is 35.5 Å². The monoisotopic (exact) mass is 395 g/mol. The van der Waals surface area contributed by atoms with Crippen molar-refractivity contribution in [1.82, 2.24) is 19.7 Å². The van der Waals surface area contributed by atoms with Crippen LogP contribution in [0.1, 0.15) is 16.1 Å². The van der Waals surface area contributed by atoms with Crippen molar-refractivity contribution in [1.29, 1.82) is 0 Å². The van der Waals surface area contributed by atoms with Crippen molar-refractivity contribution in [2.24, 2.45) is 0 Å². The largest absolute Gasteiger partial charge is 0.491 e. The van der Waals surface area contributed by atoms with Crippen LogP contribution in [0.25, 0.3) is 11.3 Å². The Morgan fingerprint density at radius 2 is 2.10 bits per heavy atom. The first-order chi connectivity index (χ1) is 14.0. The number of hydrogen-bond donors (Lipinski definition) is 0. The minimum atomic E-state index is -0.509. The Bertz CT molecular complexity index is 1110. The molecular formula is C20H18FN5O3. The summed E-state index contributed by atoms with van der Waals surface area (Å²) in [5.74, 6) is 0.187. The molecule has 3 aromatic heterocycles. The van der Waals surface area contributed by atoms with Crippen molar-refractivity contribution < 1.29 is 18.7 Å². The zero-order valence-electron chi connectivity index (χ0n) is 15.9. The van der Waals surface area contributed by atoms with E-state index in [1.807, 2.05) is 0 Å². The van der Waals surface area contributed by atoms with Gasteiger partial charge in [-0.05, 0) is 18.2 Å². The summed E-state index contributed by atoms with van der Waals surface area (Å²) in [6, 6.07) is 5.28. The highest BCUT2D eigenvalue weighted by atomic mass is 19.1. The van der Waals surface area contributed by atoms with Crippen molar-refractivity contribution >= 4 is 11.6 Å². The lowest BCUT2D eigenvalue weighted by Crippen LogP contribution is -2.22. The van der Waals surface area contributed by atoms with E-state index < -0.39 is 5.83 Å². The molecule has 29 heavy (non-hydrogen) atoms. The van der Waals surface area contributed by atoms with Gasteiger partial charge in [-0.25, -0.2) is 9.37 Å². The van der Waals surface area contributed by atoms with Crippen molar-refractivity contribution in [3.05, 3.63) is 60.5 Å². The summed E-state index contributed by atoms with van der Waals surface area (Å²) in [6.07, 6.45) is 4.76. The lowest BCUT2D eigenvalue weighted by Gasteiger charge is -2.11. The molecule has 9 heteroatoms. The summed E-state index contributed by atoms with van der Waals surface area (Å²) in [5.41, 5.74) is 3.14. The fourth-order valence-corrected chi connectivity index (χ4v) is 3.18. The summed E-state index contributed by atoms with van der Waals surface area (Å²) < 4.78 is 24.8. The first-order valence-electron chi connectivity index (χ1n) is 8.76. The molecule has 1 amide bonds. The van der Waals surface area contributed by atoms with Gasteiger partial charge in [0.2, 0.25) is 0 Å². The first kappa shape index (κ1) is 18.6. The molecule has 0 saturated carbocycles. The highest BCUT2D eigenvalue weighted by molar-refractivity contribution is 6.09. The minimum absolute atomic E-state index is 0.0519. The van der Waals surface area contributed by atoms with Gasteiger partial charge in [0.1, 0.15) is 5.83 Å². The Morgan fingerprint density at radius 3 is 2.83 bits per heavy atom. The van der Waals surface area contributed by atoms with Crippen LogP contribution in [-0.4, -0.2) is 39.9 Å². The van der Waals surface area contributed by atoms with Crippen LogP contribution in [0.4, 0.5) is 10.1 Å². The highest BCUT2D eigenvalue weighted by Gasteiger charge is 2.31. The maximum absolute atomic E-state index is 13.0. The number of carbonyl (C=O) groups is 1. The predicted octanol–water partition coefficient (Wildman–Crippen LogP) is 3.00. The molecule has 4 rings (SSSR count). The SMILES string of the molecule is C=C(F)Cn1cc(N2Cc3nc(-c4cnc(OC)c(OC)c4)ccc3C2=O)cn1. The van der Waals surface area contributed by atoms with Crippen LogP contribution in [-0.2, 0) is 13.1 Å². The van der Waals surface area contributed by atoms with Crippen LogP contribution in [0.5, 0.6) is 11.6 Å². The molecule has 0 fully saturated rings. The molecule has 0 radical (unpaired) electrons. The Balaban J connectivity index is 1.62. The van der Waals surface area contributed by atoms with Gasteiger partial charge in [-0.1, -0.05) is 6.58 Å². The van der Waals surface area contributed by atoms with Gasteiger partial charge in [0.25, 0.3) is 11.8 Å². The first-order valence-corrected chi connectivity index (χ1v) is 8.76. The molecule has 0 aliphatic carbocycles. The molecule has 0 atom stereocenters. The van der Waals surface area contributed by atoms with Crippen LogP contribution in [0.15, 0.2) is 49.2 Å². The summed E-state index contributed by atoms with van der Waals surface area (Å²) in [4.78, 5) is 23.2. The molecule has 3 aromatic rings. The molecule has 0 aromatic carbocycles. The van der Waals surface area contributed by atoms with E-state index in [4.69, 9.17) is 9.47 Å². The lowest BCUT2D eigenvalue weighted by atomic mass is 10.1. The van der Waals surface area contributed by atoms with E-state index in [0.717, 1.165) is 5.56 Å². The Labute approximate surface area is 166 Å². The molecule has 0 saturated heterocycles. The summed E-state index contributed by atoms with van der Waals surface area (Å²) in [7, 11) is 3.05. The molecule has 0 bridgehead atoms. The zero-order valence-corrected chi connectivity index (χ0v) is 15.9. The van der Waals surface area contributed by atoms with Gasteiger partial charge in [-0.15, -0.1) is 0 Å². The van der Waals surface area contributed by atoms with Crippen molar-refractivity contribution in [3.8, 4) is 22.9 Å². The topological polar surface area (TPSA) is 82.4 Å². The van der Waals surface area contributed by atoms with E-state index >= 15 is 0 Å². The van der Waals surface area contributed by atoms with Gasteiger partial charge in [-0.2, -0.15) is 5.10 Å². The van der Waals surface area contributed by atoms with E-state index in [-0.39, 0.29) is 12.5 Å². The fraction of sp³-hybridized carbons (Fsp3) is 0.200. The zero-order chi connectivity index (χ0) is 20.5. The van der Waals surface area contributed by atoms with E-state index in [0.29, 0.717) is 40.8 Å². The second kappa shape index (κ2) is 7.34. The third kappa shape index (κ3) is 3.42. The second-order valence-electron chi connectivity index (χ2n) is 6.43. The number of halogens is 1. The van der Waals surface area contributed by atoms with Crippen LogP contribution in [0, 0.1) is 0 Å².